The van der Waals surface area contributed by atoms with Crippen LogP contribution in [0.1, 0.15) is 56.7 Å². The second-order valence-corrected chi connectivity index (χ2v) is 9.55. The molecule has 1 unspecified atom stereocenters. The number of likely N-dealkylation sites (tertiary alicyclic amines) is 1. The number of amides is 1. The van der Waals surface area contributed by atoms with Crippen LogP contribution in [-0.4, -0.2) is 36.0 Å². The molecule has 0 aromatic carbocycles. The molecular formula is C19H32N2OS. The molecule has 1 aromatic heterocycles. The zero-order valence-corrected chi connectivity index (χ0v) is 16.1. The van der Waals surface area contributed by atoms with E-state index in [0.29, 0.717) is 24.4 Å². The number of carbonyl (C=O) groups is 1. The molecule has 1 fully saturated rings. The lowest BCUT2D eigenvalue weighted by Crippen LogP contribution is -2.48. The van der Waals surface area contributed by atoms with Gasteiger partial charge in [0, 0.05) is 41.3 Å². The summed E-state index contributed by atoms with van der Waals surface area (Å²) in [6.07, 6.45) is 3.90. The number of nitrogens with one attached hydrogen (secondary N) is 1. The van der Waals surface area contributed by atoms with Crippen molar-refractivity contribution in [3.8, 4) is 0 Å². The van der Waals surface area contributed by atoms with Crippen LogP contribution in [-0.2, 0) is 11.2 Å². The Morgan fingerprint density at radius 2 is 2.00 bits per heavy atom. The molecule has 0 saturated carbocycles. The van der Waals surface area contributed by atoms with E-state index in [1.807, 2.05) is 11.3 Å². The first-order valence-corrected chi connectivity index (χ1v) is 9.64. The van der Waals surface area contributed by atoms with Crippen LogP contribution >= 0.6 is 11.3 Å². The average molecular weight is 337 g/mol. The summed E-state index contributed by atoms with van der Waals surface area (Å²) in [5.74, 6) is 0.318. The van der Waals surface area contributed by atoms with Crippen molar-refractivity contribution < 1.29 is 4.79 Å². The van der Waals surface area contributed by atoms with Crippen molar-refractivity contribution in [2.45, 2.75) is 72.4 Å². The van der Waals surface area contributed by atoms with Crippen molar-refractivity contribution in [3.63, 3.8) is 0 Å². The molecule has 0 radical (unpaired) electrons. The maximum atomic E-state index is 12.3. The normalized spacial score (nSPS) is 18.2. The topological polar surface area (TPSA) is 32.3 Å². The van der Waals surface area contributed by atoms with E-state index in [9.17, 15) is 4.79 Å². The number of piperidine rings is 1. The zero-order chi connectivity index (χ0) is 17.0. The SMILES string of the molecule is Cc1ccc(CC(C)NC2CCN(C(=O)CC(C)(C)C)CC2)s1. The van der Waals surface area contributed by atoms with Gasteiger partial charge in [-0.2, -0.15) is 0 Å². The third-order valence-corrected chi connectivity index (χ3v) is 5.38. The maximum Gasteiger partial charge on any atom is 0.223 e. The molecule has 130 valence electrons. The number of rotatable bonds is 5. The first-order chi connectivity index (χ1) is 10.7. The van der Waals surface area contributed by atoms with Crippen LogP contribution in [0.5, 0.6) is 0 Å². The molecule has 0 spiro atoms. The van der Waals surface area contributed by atoms with Gasteiger partial charge in [-0.3, -0.25) is 4.79 Å². The molecule has 2 rings (SSSR count). The standard InChI is InChI=1S/C19H32N2OS/c1-14(12-17-7-6-15(2)23-17)20-16-8-10-21(11-9-16)18(22)13-19(3,4)5/h6-7,14,16,20H,8-13H2,1-5H3. The van der Waals surface area contributed by atoms with Crippen LogP contribution in [0, 0.1) is 12.3 Å². The van der Waals surface area contributed by atoms with Crippen molar-refractivity contribution in [1.29, 1.82) is 0 Å². The molecule has 1 aromatic rings. The highest BCUT2D eigenvalue weighted by atomic mass is 32.1. The summed E-state index contributed by atoms with van der Waals surface area (Å²) in [6, 6.07) is 5.48. The van der Waals surface area contributed by atoms with Crippen LogP contribution in [0.2, 0.25) is 0 Å². The molecule has 1 amide bonds. The van der Waals surface area contributed by atoms with Gasteiger partial charge in [-0.05, 0) is 50.7 Å². The molecule has 4 heteroatoms. The van der Waals surface area contributed by atoms with Gasteiger partial charge < -0.3 is 10.2 Å². The van der Waals surface area contributed by atoms with E-state index in [0.717, 1.165) is 32.4 Å². The lowest BCUT2D eigenvalue weighted by molar-refractivity contribution is -0.134. The van der Waals surface area contributed by atoms with Crippen molar-refractivity contribution >= 4 is 17.2 Å². The minimum Gasteiger partial charge on any atom is -0.343 e. The minimum absolute atomic E-state index is 0.0829. The van der Waals surface area contributed by atoms with Gasteiger partial charge in [0.2, 0.25) is 5.91 Å². The van der Waals surface area contributed by atoms with Gasteiger partial charge in [-0.1, -0.05) is 20.8 Å². The van der Waals surface area contributed by atoms with Crippen LogP contribution in [0.4, 0.5) is 0 Å². The van der Waals surface area contributed by atoms with E-state index in [1.54, 1.807) is 0 Å². The molecule has 23 heavy (non-hydrogen) atoms. The van der Waals surface area contributed by atoms with Crippen LogP contribution in [0.15, 0.2) is 12.1 Å². The Morgan fingerprint density at radius 1 is 1.35 bits per heavy atom. The van der Waals surface area contributed by atoms with Crippen LogP contribution < -0.4 is 5.32 Å². The predicted molar refractivity (Wildman–Crippen MR) is 99.0 cm³/mol. The minimum atomic E-state index is 0.0829. The van der Waals surface area contributed by atoms with E-state index in [-0.39, 0.29) is 5.41 Å². The number of nitrogens with zero attached hydrogens (tertiary/aromatic N) is 1. The highest BCUT2D eigenvalue weighted by Crippen LogP contribution is 2.22. The first kappa shape index (κ1) is 18.5. The summed E-state index contributed by atoms with van der Waals surface area (Å²) < 4.78 is 0. The zero-order valence-electron chi connectivity index (χ0n) is 15.3. The Labute approximate surface area is 145 Å². The third kappa shape index (κ3) is 6.27. The van der Waals surface area contributed by atoms with Gasteiger partial charge in [-0.15, -0.1) is 11.3 Å². The molecule has 2 heterocycles. The van der Waals surface area contributed by atoms with E-state index in [2.05, 4.69) is 57.0 Å². The van der Waals surface area contributed by atoms with E-state index < -0.39 is 0 Å². The number of carbonyl (C=O) groups excluding carboxylic acids is 1. The monoisotopic (exact) mass is 336 g/mol. The van der Waals surface area contributed by atoms with Gasteiger partial charge in [0.15, 0.2) is 0 Å². The molecule has 1 aliphatic heterocycles. The average Bonchev–Trinajstić information content (AvgIpc) is 2.82. The summed E-state index contributed by atoms with van der Waals surface area (Å²) in [4.78, 5) is 17.2. The summed E-state index contributed by atoms with van der Waals surface area (Å²) in [6.45, 7) is 12.6. The van der Waals surface area contributed by atoms with Gasteiger partial charge in [0.1, 0.15) is 0 Å². The Kier molecular flexibility index (Phi) is 6.26. The van der Waals surface area contributed by atoms with E-state index in [1.165, 1.54) is 9.75 Å². The second kappa shape index (κ2) is 7.80. The third-order valence-electron chi connectivity index (χ3n) is 4.35. The van der Waals surface area contributed by atoms with Crippen molar-refractivity contribution in [1.82, 2.24) is 10.2 Å². The predicted octanol–water partition coefficient (Wildman–Crippen LogP) is 4.00. The Hall–Kier alpha value is -0.870. The Balaban J connectivity index is 1.73. The molecule has 3 nitrogen and oxygen atoms in total. The summed E-state index contributed by atoms with van der Waals surface area (Å²) >= 11 is 1.89. The highest BCUT2D eigenvalue weighted by molar-refractivity contribution is 7.11. The quantitative estimate of drug-likeness (QED) is 0.881. The fraction of sp³-hybridized carbons (Fsp3) is 0.737. The highest BCUT2D eigenvalue weighted by Gasteiger charge is 2.26. The van der Waals surface area contributed by atoms with Gasteiger partial charge in [-0.25, -0.2) is 0 Å². The Morgan fingerprint density at radius 3 is 2.52 bits per heavy atom. The van der Waals surface area contributed by atoms with Gasteiger partial charge >= 0.3 is 0 Å². The number of aryl methyl sites for hydroxylation is 1. The molecule has 1 aliphatic rings. The summed E-state index contributed by atoms with van der Waals surface area (Å²) in [5, 5.41) is 3.75. The molecule has 0 bridgehead atoms. The first-order valence-electron chi connectivity index (χ1n) is 8.82. The molecular weight excluding hydrogens is 304 g/mol. The molecule has 1 saturated heterocycles. The summed E-state index contributed by atoms with van der Waals surface area (Å²) in [5.41, 5.74) is 0.0829. The second-order valence-electron chi connectivity index (χ2n) is 8.18. The van der Waals surface area contributed by atoms with Crippen molar-refractivity contribution in [2.24, 2.45) is 5.41 Å². The van der Waals surface area contributed by atoms with Gasteiger partial charge in [0.05, 0.1) is 0 Å². The maximum absolute atomic E-state index is 12.3. The fourth-order valence-electron chi connectivity index (χ4n) is 3.22. The number of hydrogen-bond donors (Lipinski definition) is 1. The lowest BCUT2D eigenvalue weighted by Gasteiger charge is -2.35. The van der Waals surface area contributed by atoms with Crippen molar-refractivity contribution in [2.75, 3.05) is 13.1 Å². The largest absolute Gasteiger partial charge is 0.343 e. The van der Waals surface area contributed by atoms with Gasteiger partial charge in [0.25, 0.3) is 0 Å². The molecule has 1 atom stereocenters. The van der Waals surface area contributed by atoms with E-state index in [4.69, 9.17) is 0 Å². The van der Waals surface area contributed by atoms with Crippen LogP contribution in [0.25, 0.3) is 0 Å². The number of thiophene rings is 1. The fourth-order valence-corrected chi connectivity index (χ4v) is 4.24. The lowest BCUT2D eigenvalue weighted by atomic mass is 9.91. The van der Waals surface area contributed by atoms with Crippen molar-refractivity contribution in [3.05, 3.63) is 21.9 Å². The molecule has 0 aliphatic carbocycles. The smallest absolute Gasteiger partial charge is 0.223 e. The number of hydrogen-bond acceptors (Lipinski definition) is 3. The summed E-state index contributed by atoms with van der Waals surface area (Å²) in [7, 11) is 0. The van der Waals surface area contributed by atoms with Crippen LogP contribution in [0.3, 0.4) is 0 Å². The van der Waals surface area contributed by atoms with E-state index >= 15 is 0 Å². The Bertz CT molecular complexity index is 510. The molecule has 1 N–H and O–H groups in total.